The Labute approximate surface area is 169 Å². The summed E-state index contributed by atoms with van der Waals surface area (Å²) in [6.07, 6.45) is 0. The maximum atomic E-state index is 13.5. The minimum absolute atomic E-state index is 0.125. The van der Waals surface area contributed by atoms with E-state index in [1.807, 2.05) is 5.32 Å². The maximum Gasteiger partial charge on any atom is 0.340 e. The molecule has 0 unspecified atom stereocenters. The second-order valence-electron chi connectivity index (χ2n) is 5.78. The highest BCUT2D eigenvalue weighted by molar-refractivity contribution is 7.89. The van der Waals surface area contributed by atoms with E-state index in [0.717, 1.165) is 16.4 Å². The molecular formula is C17H14ClF3N2O5S. The van der Waals surface area contributed by atoms with Crippen LogP contribution in [0.15, 0.2) is 35.2 Å². The molecule has 2 rings (SSSR count). The summed E-state index contributed by atoms with van der Waals surface area (Å²) in [4.78, 5) is 23.7. The number of amides is 1. The molecule has 29 heavy (non-hydrogen) atoms. The van der Waals surface area contributed by atoms with Crippen molar-refractivity contribution < 1.29 is 35.9 Å². The Bertz CT molecular complexity index is 1080. The first kappa shape index (κ1) is 22.7. The van der Waals surface area contributed by atoms with Crippen LogP contribution in [0, 0.1) is 17.5 Å². The van der Waals surface area contributed by atoms with E-state index in [2.05, 4.69) is 0 Å². The normalized spacial score (nSPS) is 11.4. The molecule has 0 spiro atoms. The molecule has 156 valence electrons. The largest absolute Gasteiger partial charge is 0.452 e. The van der Waals surface area contributed by atoms with Crippen molar-refractivity contribution in [3.8, 4) is 0 Å². The van der Waals surface area contributed by atoms with Gasteiger partial charge < -0.3 is 10.1 Å². The highest BCUT2D eigenvalue weighted by Crippen LogP contribution is 2.23. The van der Waals surface area contributed by atoms with Gasteiger partial charge in [-0.3, -0.25) is 4.79 Å². The highest BCUT2D eigenvalue weighted by Gasteiger charge is 2.22. The van der Waals surface area contributed by atoms with E-state index in [9.17, 15) is 31.2 Å². The standard InChI is InChI=1S/C17H14ClF3N2O5S/c1-23(2)29(26,27)9-3-4-11(18)10(7-9)17(25)28-8-14(24)22-13-6-5-12(19)15(20)16(13)21/h3-7H,8H2,1-2H3,(H,22,24). The first-order valence-electron chi connectivity index (χ1n) is 7.77. The third kappa shape index (κ3) is 5.05. The van der Waals surface area contributed by atoms with Crippen LogP contribution in [0.1, 0.15) is 10.4 Å². The minimum atomic E-state index is -3.85. The lowest BCUT2D eigenvalue weighted by Crippen LogP contribution is -2.23. The summed E-state index contributed by atoms with van der Waals surface area (Å²) in [6, 6.07) is 4.74. The molecule has 0 fully saturated rings. The Hall–Kier alpha value is -2.63. The topological polar surface area (TPSA) is 92.8 Å². The predicted octanol–water partition coefficient (Wildman–Crippen LogP) is 2.80. The Morgan fingerprint density at radius 2 is 1.76 bits per heavy atom. The monoisotopic (exact) mass is 450 g/mol. The molecule has 2 aromatic rings. The molecule has 0 saturated heterocycles. The Morgan fingerprint density at radius 1 is 1.10 bits per heavy atom. The molecule has 2 aromatic carbocycles. The van der Waals surface area contributed by atoms with Gasteiger partial charge >= 0.3 is 5.97 Å². The van der Waals surface area contributed by atoms with E-state index >= 15 is 0 Å². The first-order valence-corrected chi connectivity index (χ1v) is 9.59. The zero-order chi connectivity index (χ0) is 21.9. The lowest BCUT2D eigenvalue weighted by atomic mass is 10.2. The molecule has 0 aromatic heterocycles. The number of nitrogens with zero attached hydrogens (tertiary/aromatic N) is 1. The summed E-state index contributed by atoms with van der Waals surface area (Å²) < 4.78 is 69.5. The van der Waals surface area contributed by atoms with Crippen LogP contribution >= 0.6 is 11.6 Å². The van der Waals surface area contributed by atoms with Gasteiger partial charge in [0.1, 0.15) is 0 Å². The molecule has 0 atom stereocenters. The van der Waals surface area contributed by atoms with Gasteiger partial charge in [-0.2, -0.15) is 0 Å². The number of esters is 1. The molecule has 1 N–H and O–H groups in total. The van der Waals surface area contributed by atoms with Crippen molar-refractivity contribution in [2.45, 2.75) is 4.90 Å². The molecule has 0 saturated carbocycles. The van der Waals surface area contributed by atoms with E-state index in [-0.39, 0.29) is 15.5 Å². The number of ether oxygens (including phenoxy) is 1. The van der Waals surface area contributed by atoms with Crippen LogP contribution in [-0.4, -0.2) is 45.3 Å². The average molecular weight is 451 g/mol. The van der Waals surface area contributed by atoms with Gasteiger partial charge in [-0.1, -0.05) is 11.6 Å². The van der Waals surface area contributed by atoms with Crippen LogP contribution in [0.25, 0.3) is 0 Å². The molecule has 1 amide bonds. The van der Waals surface area contributed by atoms with E-state index < -0.39 is 51.6 Å². The average Bonchev–Trinajstić information content (AvgIpc) is 2.66. The second-order valence-corrected chi connectivity index (χ2v) is 8.34. The van der Waals surface area contributed by atoms with Crippen molar-refractivity contribution >= 4 is 39.2 Å². The van der Waals surface area contributed by atoms with Crippen LogP contribution in [-0.2, 0) is 19.6 Å². The van der Waals surface area contributed by atoms with Crippen molar-refractivity contribution in [2.75, 3.05) is 26.0 Å². The van der Waals surface area contributed by atoms with Gasteiger partial charge in [-0.25, -0.2) is 30.7 Å². The van der Waals surface area contributed by atoms with Gasteiger partial charge in [0.15, 0.2) is 24.1 Å². The van der Waals surface area contributed by atoms with E-state index in [0.29, 0.717) is 6.07 Å². The molecule has 12 heteroatoms. The quantitative estimate of drug-likeness (QED) is 0.539. The summed E-state index contributed by atoms with van der Waals surface area (Å²) in [5, 5.41) is 1.79. The maximum absolute atomic E-state index is 13.5. The summed E-state index contributed by atoms with van der Waals surface area (Å²) in [5.74, 6) is -6.99. The molecule has 0 aliphatic carbocycles. The third-order valence-electron chi connectivity index (χ3n) is 3.58. The third-order valence-corrected chi connectivity index (χ3v) is 5.72. The zero-order valence-electron chi connectivity index (χ0n) is 15.0. The van der Waals surface area contributed by atoms with Crippen LogP contribution < -0.4 is 5.32 Å². The fraction of sp³-hybridized carbons (Fsp3) is 0.176. The van der Waals surface area contributed by atoms with Gasteiger partial charge in [0.25, 0.3) is 5.91 Å². The van der Waals surface area contributed by atoms with Crippen molar-refractivity contribution in [1.82, 2.24) is 4.31 Å². The van der Waals surface area contributed by atoms with E-state index in [1.165, 1.54) is 26.2 Å². The van der Waals surface area contributed by atoms with Crippen molar-refractivity contribution in [3.05, 3.63) is 58.4 Å². The Balaban J connectivity index is 2.11. The number of anilines is 1. The Morgan fingerprint density at radius 3 is 2.38 bits per heavy atom. The molecular weight excluding hydrogens is 437 g/mol. The highest BCUT2D eigenvalue weighted by atomic mass is 35.5. The van der Waals surface area contributed by atoms with E-state index in [1.54, 1.807) is 0 Å². The number of carbonyl (C=O) groups is 2. The van der Waals surface area contributed by atoms with Gasteiger partial charge in [0.05, 0.1) is 21.2 Å². The van der Waals surface area contributed by atoms with Crippen molar-refractivity contribution in [2.24, 2.45) is 0 Å². The number of benzene rings is 2. The molecule has 0 radical (unpaired) electrons. The number of nitrogens with one attached hydrogen (secondary N) is 1. The zero-order valence-corrected chi connectivity index (χ0v) is 16.6. The summed E-state index contributed by atoms with van der Waals surface area (Å²) in [6.45, 7) is -0.918. The van der Waals surface area contributed by atoms with Gasteiger partial charge in [0, 0.05) is 14.1 Å². The number of sulfonamides is 1. The van der Waals surface area contributed by atoms with Crippen LogP contribution in [0.5, 0.6) is 0 Å². The summed E-state index contributed by atoms with van der Waals surface area (Å²) in [5.41, 5.74) is -0.969. The lowest BCUT2D eigenvalue weighted by molar-refractivity contribution is -0.119. The number of carbonyl (C=O) groups excluding carboxylic acids is 2. The van der Waals surface area contributed by atoms with Crippen LogP contribution in [0.3, 0.4) is 0 Å². The number of rotatable bonds is 6. The molecule has 0 bridgehead atoms. The van der Waals surface area contributed by atoms with Crippen molar-refractivity contribution in [3.63, 3.8) is 0 Å². The minimum Gasteiger partial charge on any atom is -0.452 e. The summed E-state index contributed by atoms with van der Waals surface area (Å²) >= 11 is 5.88. The second kappa shape index (κ2) is 8.80. The number of hydrogen-bond donors (Lipinski definition) is 1. The van der Waals surface area contributed by atoms with Crippen LogP contribution in [0.2, 0.25) is 5.02 Å². The number of halogens is 4. The smallest absolute Gasteiger partial charge is 0.340 e. The van der Waals surface area contributed by atoms with Gasteiger partial charge in [-0.15, -0.1) is 0 Å². The van der Waals surface area contributed by atoms with Crippen molar-refractivity contribution in [1.29, 1.82) is 0 Å². The Kier molecular flexibility index (Phi) is 6.88. The van der Waals surface area contributed by atoms with Gasteiger partial charge in [0.2, 0.25) is 10.0 Å². The molecule has 7 nitrogen and oxygen atoms in total. The molecule has 0 heterocycles. The molecule has 0 aliphatic rings. The fourth-order valence-corrected chi connectivity index (χ4v) is 3.17. The molecule has 0 aliphatic heterocycles. The SMILES string of the molecule is CN(C)S(=O)(=O)c1ccc(Cl)c(C(=O)OCC(=O)Nc2ccc(F)c(F)c2F)c1. The lowest BCUT2D eigenvalue weighted by Gasteiger charge is -2.13. The van der Waals surface area contributed by atoms with E-state index in [4.69, 9.17) is 16.3 Å². The van der Waals surface area contributed by atoms with Crippen LogP contribution in [0.4, 0.5) is 18.9 Å². The van der Waals surface area contributed by atoms with Gasteiger partial charge in [-0.05, 0) is 30.3 Å². The predicted molar refractivity (Wildman–Crippen MR) is 97.6 cm³/mol. The summed E-state index contributed by atoms with van der Waals surface area (Å²) in [7, 11) is -1.26. The fourth-order valence-electron chi connectivity index (χ4n) is 2.05. The number of hydrogen-bond acceptors (Lipinski definition) is 5. The first-order chi connectivity index (χ1) is 13.4.